The fourth-order valence-electron chi connectivity index (χ4n) is 1.49. The van der Waals surface area contributed by atoms with E-state index in [1.165, 1.54) is 9.80 Å². The van der Waals surface area contributed by atoms with E-state index in [4.69, 9.17) is 32.7 Å². The molecule has 16 heavy (non-hydrogen) atoms. The highest BCUT2D eigenvalue weighted by Gasteiger charge is 2.43. The van der Waals surface area contributed by atoms with Gasteiger partial charge in [0.2, 0.25) is 0 Å². The van der Waals surface area contributed by atoms with Gasteiger partial charge in [-0.1, -0.05) is 23.2 Å². The topological polar surface area (TPSA) is 42.0 Å². The van der Waals surface area contributed by atoms with E-state index in [0.717, 1.165) is 0 Å². The molecule has 1 rings (SSSR count). The largest absolute Gasteiger partial charge is 0.383 e. The highest BCUT2D eigenvalue weighted by atomic mass is 35.5. The lowest BCUT2D eigenvalue weighted by molar-refractivity contribution is 0.141. The van der Waals surface area contributed by atoms with E-state index < -0.39 is 11.0 Å². The lowest BCUT2D eigenvalue weighted by Crippen LogP contribution is -2.36. The molecule has 0 N–H and O–H groups in total. The quantitative estimate of drug-likeness (QED) is 0.537. The first-order valence-electron chi connectivity index (χ1n) is 4.96. The molecule has 1 saturated heterocycles. The number of hydrogen-bond acceptors (Lipinski definition) is 3. The van der Waals surface area contributed by atoms with Crippen molar-refractivity contribution in [2.45, 2.75) is 11.0 Å². The maximum absolute atomic E-state index is 11.9. The predicted molar refractivity (Wildman–Crippen MR) is 61.8 cm³/mol. The van der Waals surface area contributed by atoms with Gasteiger partial charge >= 0.3 is 6.03 Å². The van der Waals surface area contributed by atoms with Crippen molar-refractivity contribution < 1.29 is 14.3 Å². The third kappa shape index (κ3) is 2.91. The molecular weight excluding hydrogens is 255 g/mol. The zero-order chi connectivity index (χ0) is 12.1. The highest BCUT2D eigenvalue weighted by Crippen LogP contribution is 2.27. The first-order valence-corrected chi connectivity index (χ1v) is 5.84. The Kier molecular flexibility index (Phi) is 5.61. The average Bonchev–Trinajstić information content (AvgIpc) is 2.47. The summed E-state index contributed by atoms with van der Waals surface area (Å²) in [7, 11) is 3.15. The number of urea groups is 1. The van der Waals surface area contributed by atoms with E-state index >= 15 is 0 Å². The SMILES string of the molecule is COCCN1C(=O)N(CCOC)C(Cl)C1Cl. The predicted octanol–water partition coefficient (Wildman–Crippen LogP) is 1.15. The fraction of sp³-hybridized carbons (Fsp3) is 0.889. The van der Waals surface area contributed by atoms with Gasteiger partial charge in [0.05, 0.1) is 13.2 Å². The number of methoxy groups -OCH3 is 2. The lowest BCUT2D eigenvalue weighted by atomic mass is 10.5. The summed E-state index contributed by atoms with van der Waals surface area (Å²) in [5.74, 6) is 0. The van der Waals surface area contributed by atoms with Gasteiger partial charge in [-0.25, -0.2) is 4.79 Å². The van der Waals surface area contributed by atoms with E-state index in [2.05, 4.69) is 0 Å². The van der Waals surface area contributed by atoms with Crippen LogP contribution in [0.1, 0.15) is 0 Å². The second kappa shape index (κ2) is 6.49. The van der Waals surface area contributed by atoms with Crippen LogP contribution in [0.5, 0.6) is 0 Å². The van der Waals surface area contributed by atoms with Gasteiger partial charge in [0.15, 0.2) is 0 Å². The Morgan fingerprint density at radius 1 is 1.06 bits per heavy atom. The first-order chi connectivity index (χ1) is 7.63. The molecule has 0 spiro atoms. The standard InChI is InChI=1S/C9H16Cl2N2O3/c1-15-5-3-12-7(10)8(11)13(9(12)14)4-6-16-2/h7-8H,3-6H2,1-2H3. The van der Waals surface area contributed by atoms with Crippen LogP contribution >= 0.6 is 23.2 Å². The van der Waals surface area contributed by atoms with Crippen molar-refractivity contribution in [1.29, 1.82) is 0 Å². The van der Waals surface area contributed by atoms with Gasteiger partial charge < -0.3 is 19.3 Å². The van der Waals surface area contributed by atoms with Crippen LogP contribution in [0.25, 0.3) is 0 Å². The van der Waals surface area contributed by atoms with Crippen LogP contribution in [0.4, 0.5) is 4.79 Å². The Labute approximate surface area is 105 Å². The second-order valence-electron chi connectivity index (χ2n) is 3.40. The maximum atomic E-state index is 11.9. The molecule has 0 bridgehead atoms. The molecule has 0 saturated carbocycles. The molecule has 5 nitrogen and oxygen atoms in total. The van der Waals surface area contributed by atoms with Crippen molar-refractivity contribution in [3.63, 3.8) is 0 Å². The summed E-state index contributed by atoms with van der Waals surface area (Å²) >= 11 is 12.1. The van der Waals surface area contributed by atoms with E-state index in [1.54, 1.807) is 14.2 Å². The third-order valence-electron chi connectivity index (χ3n) is 2.39. The molecule has 0 radical (unpaired) electrons. The highest BCUT2D eigenvalue weighted by molar-refractivity contribution is 6.31. The Morgan fingerprint density at radius 2 is 1.44 bits per heavy atom. The van der Waals surface area contributed by atoms with E-state index in [-0.39, 0.29) is 6.03 Å². The molecule has 1 fully saturated rings. The van der Waals surface area contributed by atoms with Gasteiger partial charge in [-0.3, -0.25) is 0 Å². The summed E-state index contributed by atoms with van der Waals surface area (Å²) < 4.78 is 9.83. The fourth-order valence-corrected chi connectivity index (χ4v) is 2.12. The maximum Gasteiger partial charge on any atom is 0.322 e. The minimum atomic E-state index is -0.527. The van der Waals surface area contributed by atoms with Crippen LogP contribution in [0.2, 0.25) is 0 Å². The Balaban J connectivity index is 2.58. The molecule has 1 aliphatic heterocycles. The van der Waals surface area contributed by atoms with Gasteiger partial charge in [0.25, 0.3) is 0 Å². The van der Waals surface area contributed by atoms with Crippen molar-refractivity contribution in [2.24, 2.45) is 0 Å². The number of alkyl halides is 2. The number of hydrogen-bond donors (Lipinski definition) is 0. The lowest BCUT2D eigenvalue weighted by Gasteiger charge is -2.18. The van der Waals surface area contributed by atoms with Crippen molar-refractivity contribution >= 4 is 29.2 Å². The molecule has 0 aromatic carbocycles. The molecule has 1 aliphatic rings. The normalized spacial score (nSPS) is 25.6. The number of halogens is 2. The van der Waals surface area contributed by atoms with Crippen molar-refractivity contribution in [1.82, 2.24) is 9.80 Å². The molecule has 7 heteroatoms. The van der Waals surface area contributed by atoms with Crippen molar-refractivity contribution in [2.75, 3.05) is 40.5 Å². The number of rotatable bonds is 6. The van der Waals surface area contributed by atoms with Gasteiger partial charge in [0, 0.05) is 27.3 Å². The summed E-state index contributed by atoms with van der Waals surface area (Å²) in [4.78, 5) is 14.9. The minimum Gasteiger partial charge on any atom is -0.383 e. The van der Waals surface area contributed by atoms with Gasteiger partial charge in [-0.2, -0.15) is 0 Å². The van der Waals surface area contributed by atoms with Crippen LogP contribution in [-0.4, -0.2) is 67.4 Å². The summed E-state index contributed by atoms with van der Waals surface area (Å²) in [5.41, 5.74) is -1.05. The zero-order valence-corrected chi connectivity index (χ0v) is 10.9. The summed E-state index contributed by atoms with van der Waals surface area (Å²) in [6.07, 6.45) is 0. The number of ether oxygens (including phenoxy) is 2. The number of amides is 2. The molecule has 94 valence electrons. The molecule has 2 atom stereocenters. The van der Waals surface area contributed by atoms with E-state index in [9.17, 15) is 4.79 Å². The monoisotopic (exact) mass is 270 g/mol. The molecule has 0 aromatic rings. The second-order valence-corrected chi connectivity index (χ2v) is 4.29. The minimum absolute atomic E-state index is 0.172. The molecule has 1 heterocycles. The van der Waals surface area contributed by atoms with Crippen LogP contribution in [0.15, 0.2) is 0 Å². The molecule has 2 unspecified atom stereocenters. The van der Waals surface area contributed by atoms with Gasteiger partial charge in [-0.15, -0.1) is 0 Å². The summed E-state index contributed by atoms with van der Waals surface area (Å²) in [6.45, 7) is 1.76. The molecule has 0 aromatic heterocycles. The Morgan fingerprint density at radius 3 is 1.75 bits per heavy atom. The van der Waals surface area contributed by atoms with Crippen LogP contribution in [-0.2, 0) is 9.47 Å². The number of carbonyl (C=O) groups is 1. The van der Waals surface area contributed by atoms with Crippen molar-refractivity contribution in [3.05, 3.63) is 0 Å². The smallest absolute Gasteiger partial charge is 0.322 e. The van der Waals surface area contributed by atoms with Gasteiger partial charge in [-0.05, 0) is 0 Å². The van der Waals surface area contributed by atoms with Crippen molar-refractivity contribution in [3.8, 4) is 0 Å². The van der Waals surface area contributed by atoms with Gasteiger partial charge in [0.1, 0.15) is 11.0 Å². The summed E-state index contributed by atoms with van der Waals surface area (Å²) in [6, 6.07) is -0.172. The summed E-state index contributed by atoms with van der Waals surface area (Å²) in [5, 5.41) is 0. The Hall–Kier alpha value is -0.230. The van der Waals surface area contributed by atoms with E-state index in [1.807, 2.05) is 0 Å². The molecular formula is C9H16Cl2N2O3. The van der Waals surface area contributed by atoms with Crippen LogP contribution in [0.3, 0.4) is 0 Å². The Bertz CT molecular complexity index is 221. The zero-order valence-electron chi connectivity index (χ0n) is 9.36. The van der Waals surface area contributed by atoms with E-state index in [0.29, 0.717) is 26.3 Å². The number of nitrogens with zero attached hydrogens (tertiary/aromatic N) is 2. The molecule has 2 amide bonds. The average molecular weight is 271 g/mol. The van der Waals surface area contributed by atoms with Crippen LogP contribution in [0, 0.1) is 0 Å². The molecule has 0 aliphatic carbocycles. The third-order valence-corrected chi connectivity index (χ3v) is 3.46. The number of carbonyl (C=O) groups excluding carboxylic acids is 1. The first kappa shape index (κ1) is 13.8. The van der Waals surface area contributed by atoms with Crippen LogP contribution < -0.4 is 0 Å².